The third-order valence-electron chi connectivity index (χ3n) is 7.01. The fourth-order valence-electron chi connectivity index (χ4n) is 4.48. The Morgan fingerprint density at radius 1 is 1.00 bits per heavy atom. The first-order valence-electron chi connectivity index (χ1n) is 15.0. The molecule has 0 spiro atoms. The average Bonchev–Trinajstić information content (AvgIpc) is 2.93. The van der Waals surface area contributed by atoms with E-state index in [0.717, 1.165) is 29.3 Å². The van der Waals surface area contributed by atoms with E-state index in [-0.39, 0.29) is 29.7 Å². The number of carbonyl (C=O) groups excluding carboxylic acids is 4. The highest BCUT2D eigenvalue weighted by molar-refractivity contribution is 9.10. The summed E-state index contributed by atoms with van der Waals surface area (Å²) in [6.07, 6.45) is 15.4. The van der Waals surface area contributed by atoms with Crippen LogP contribution in [0.2, 0.25) is 0 Å². The molecule has 8 nitrogen and oxygen atoms in total. The van der Waals surface area contributed by atoms with E-state index in [0.29, 0.717) is 25.8 Å². The molecule has 0 aromatic heterocycles. The first-order chi connectivity index (χ1) is 19.7. The Balaban J connectivity index is 2.12. The lowest BCUT2D eigenvalue weighted by atomic mass is 10.0. The zero-order chi connectivity index (χ0) is 30.0. The maximum atomic E-state index is 13.6. The van der Waals surface area contributed by atoms with Crippen molar-refractivity contribution in [2.45, 2.75) is 103 Å². The van der Waals surface area contributed by atoms with Crippen LogP contribution >= 0.6 is 15.9 Å². The molecule has 41 heavy (non-hydrogen) atoms. The largest absolute Gasteiger partial charge is 0.352 e. The summed E-state index contributed by atoms with van der Waals surface area (Å²) in [5, 5.41) is 11.5. The lowest BCUT2D eigenvalue weighted by molar-refractivity contribution is -0.131. The van der Waals surface area contributed by atoms with E-state index in [2.05, 4.69) is 44.1 Å². The minimum Gasteiger partial charge on any atom is -0.352 e. The number of halogens is 1. The van der Waals surface area contributed by atoms with Gasteiger partial charge in [0, 0.05) is 36.0 Å². The van der Waals surface area contributed by atoms with Crippen molar-refractivity contribution in [2.24, 2.45) is 5.92 Å². The van der Waals surface area contributed by atoms with Crippen LogP contribution in [0.3, 0.4) is 0 Å². The summed E-state index contributed by atoms with van der Waals surface area (Å²) in [6, 6.07) is 5.45. The number of unbranched alkanes of at least 4 members (excludes halogenated alkanes) is 6. The molecule has 3 atom stereocenters. The molecule has 226 valence electrons. The maximum Gasteiger partial charge on any atom is 0.247 e. The molecule has 0 fully saturated rings. The van der Waals surface area contributed by atoms with Crippen molar-refractivity contribution >= 4 is 39.6 Å². The van der Waals surface area contributed by atoms with Crippen LogP contribution in [0, 0.1) is 5.92 Å². The molecule has 1 aromatic rings. The highest BCUT2D eigenvalue weighted by Crippen LogP contribution is 2.13. The predicted molar refractivity (Wildman–Crippen MR) is 167 cm³/mol. The van der Waals surface area contributed by atoms with E-state index < -0.39 is 18.0 Å². The second-order valence-electron chi connectivity index (χ2n) is 11.0. The average molecular weight is 632 g/mol. The molecule has 2 rings (SSSR count). The zero-order valence-electron chi connectivity index (χ0n) is 24.7. The van der Waals surface area contributed by atoms with Crippen molar-refractivity contribution in [3.8, 4) is 0 Å². The summed E-state index contributed by atoms with van der Waals surface area (Å²) in [5.74, 6) is -1.16. The Bertz CT molecular complexity index is 1040. The third kappa shape index (κ3) is 14.0. The Labute approximate surface area is 253 Å². The number of hydrogen-bond donors (Lipinski definition) is 4. The van der Waals surface area contributed by atoms with Crippen LogP contribution in [-0.4, -0.2) is 48.3 Å². The minimum atomic E-state index is -0.931. The summed E-state index contributed by atoms with van der Waals surface area (Å²) in [6.45, 7) is 6.49. The molecule has 1 aliphatic heterocycles. The lowest BCUT2D eigenvalue weighted by Crippen LogP contribution is -2.55. The van der Waals surface area contributed by atoms with E-state index in [1.165, 1.54) is 31.8 Å². The van der Waals surface area contributed by atoms with Crippen LogP contribution in [0.1, 0.15) is 84.1 Å². The second kappa shape index (κ2) is 19.2. The van der Waals surface area contributed by atoms with E-state index in [9.17, 15) is 19.2 Å². The van der Waals surface area contributed by atoms with Gasteiger partial charge in [0.05, 0.1) is 0 Å². The number of amides is 4. The Kier molecular flexibility index (Phi) is 16.1. The number of nitrogens with one attached hydrogen (secondary N) is 4. The predicted octanol–water partition coefficient (Wildman–Crippen LogP) is 4.88. The van der Waals surface area contributed by atoms with Crippen LogP contribution in [-0.2, 0) is 25.6 Å². The normalized spacial score (nSPS) is 20.1. The van der Waals surface area contributed by atoms with Crippen molar-refractivity contribution in [1.82, 2.24) is 21.3 Å². The molecule has 0 radical (unpaired) electrons. The van der Waals surface area contributed by atoms with Gasteiger partial charge >= 0.3 is 0 Å². The third-order valence-corrected chi connectivity index (χ3v) is 7.54. The second-order valence-corrected chi connectivity index (χ2v) is 11.9. The molecule has 0 unspecified atom stereocenters. The van der Waals surface area contributed by atoms with Gasteiger partial charge < -0.3 is 21.3 Å². The summed E-state index contributed by atoms with van der Waals surface area (Å²) < 4.78 is 0.921. The summed E-state index contributed by atoms with van der Waals surface area (Å²) in [5.41, 5.74) is 0.893. The van der Waals surface area contributed by atoms with Gasteiger partial charge in [0.2, 0.25) is 23.6 Å². The monoisotopic (exact) mass is 630 g/mol. The number of hydrogen-bond acceptors (Lipinski definition) is 4. The van der Waals surface area contributed by atoms with E-state index in [4.69, 9.17) is 0 Å². The molecule has 0 aliphatic carbocycles. The van der Waals surface area contributed by atoms with Gasteiger partial charge in [-0.05, 0) is 36.5 Å². The van der Waals surface area contributed by atoms with Gasteiger partial charge in [-0.15, -0.1) is 0 Å². The quantitative estimate of drug-likeness (QED) is 0.173. The van der Waals surface area contributed by atoms with Crippen LogP contribution in [0.5, 0.6) is 0 Å². The molecule has 9 heteroatoms. The molecule has 1 heterocycles. The molecular weight excluding hydrogens is 584 g/mol. The minimum absolute atomic E-state index is 0.0300. The number of carbonyl (C=O) groups is 4. The first-order valence-corrected chi connectivity index (χ1v) is 15.8. The molecular formula is C32H47BrN4O4. The smallest absolute Gasteiger partial charge is 0.247 e. The van der Waals surface area contributed by atoms with E-state index in [1.807, 2.05) is 38.1 Å². The Hall–Kier alpha value is -2.94. The standard InChI is InChI=1S/C32H47BrN4O4/c1-4-5-6-7-8-9-10-14-30(39)35-28(22-24-15-17-25(33)18-16-24)32(41)37-27-13-11-12-21-34-29(38)20-19-26(23(2)3)36-31(27)40/h11,13,15-20,23,26-28H,4-10,12,14,21-22H2,1-3H3,(H,34,38)(H,35,39)(H,36,40)(H,37,41)/b13-11+,20-19+/t26-,27+,28+/m1/s1. The molecule has 0 bridgehead atoms. The fourth-order valence-corrected chi connectivity index (χ4v) is 4.75. The first kappa shape index (κ1) is 34.3. The molecule has 0 saturated carbocycles. The van der Waals surface area contributed by atoms with Crippen molar-refractivity contribution in [1.29, 1.82) is 0 Å². The zero-order valence-corrected chi connectivity index (χ0v) is 26.3. The highest BCUT2D eigenvalue weighted by atomic mass is 79.9. The topological polar surface area (TPSA) is 116 Å². The highest BCUT2D eigenvalue weighted by Gasteiger charge is 2.27. The van der Waals surface area contributed by atoms with Gasteiger partial charge in [-0.25, -0.2) is 0 Å². The Morgan fingerprint density at radius 3 is 2.37 bits per heavy atom. The van der Waals surface area contributed by atoms with Crippen LogP contribution in [0.4, 0.5) is 0 Å². The van der Waals surface area contributed by atoms with Crippen molar-refractivity contribution in [2.75, 3.05) is 6.54 Å². The molecule has 1 aliphatic rings. The van der Waals surface area contributed by atoms with Crippen molar-refractivity contribution < 1.29 is 19.2 Å². The van der Waals surface area contributed by atoms with Gasteiger partial charge in [-0.2, -0.15) is 0 Å². The maximum absolute atomic E-state index is 13.6. The summed E-state index contributed by atoms with van der Waals surface area (Å²) >= 11 is 3.43. The SMILES string of the molecule is CCCCCCCCCC(=O)N[C@@H](Cc1ccc(Br)cc1)C(=O)N[C@H]1/C=C/CCNC(=O)/C=C/[C@H](C(C)C)NC1=O. The van der Waals surface area contributed by atoms with E-state index in [1.54, 1.807) is 18.2 Å². The molecule has 4 N–H and O–H groups in total. The molecule has 4 amide bonds. The Morgan fingerprint density at radius 2 is 1.68 bits per heavy atom. The lowest BCUT2D eigenvalue weighted by Gasteiger charge is -2.25. The van der Waals surface area contributed by atoms with Crippen LogP contribution in [0.15, 0.2) is 53.0 Å². The van der Waals surface area contributed by atoms with Gasteiger partial charge in [0.1, 0.15) is 12.1 Å². The van der Waals surface area contributed by atoms with Crippen LogP contribution in [0.25, 0.3) is 0 Å². The van der Waals surface area contributed by atoms with Crippen LogP contribution < -0.4 is 21.3 Å². The number of benzene rings is 1. The fraction of sp³-hybridized carbons (Fsp3) is 0.562. The molecule has 0 saturated heterocycles. The summed E-state index contributed by atoms with van der Waals surface area (Å²) in [4.78, 5) is 51.7. The van der Waals surface area contributed by atoms with Crippen molar-refractivity contribution in [3.05, 3.63) is 58.6 Å². The van der Waals surface area contributed by atoms with E-state index >= 15 is 0 Å². The van der Waals surface area contributed by atoms with Gasteiger partial charge in [0.25, 0.3) is 0 Å². The van der Waals surface area contributed by atoms with Gasteiger partial charge in [-0.1, -0.05) is 106 Å². The summed E-state index contributed by atoms with van der Waals surface area (Å²) in [7, 11) is 0. The molecule has 1 aromatic carbocycles. The van der Waals surface area contributed by atoms with Gasteiger partial charge in [-0.3, -0.25) is 19.2 Å². The van der Waals surface area contributed by atoms with Gasteiger partial charge in [0.15, 0.2) is 0 Å². The number of rotatable bonds is 14. The van der Waals surface area contributed by atoms with Crippen molar-refractivity contribution in [3.63, 3.8) is 0 Å².